The van der Waals surface area contributed by atoms with Crippen molar-refractivity contribution < 1.29 is 50.2 Å². The first kappa shape index (κ1) is 37.7. The minimum absolute atomic E-state index is 0.124. The minimum Gasteiger partial charge on any atom is -0.444 e. The number of benzene rings is 2. The number of rotatable bonds is 10. The van der Waals surface area contributed by atoms with Crippen molar-refractivity contribution in [2.45, 2.75) is 71.1 Å². The molecule has 5 rings (SSSR count). The van der Waals surface area contributed by atoms with Gasteiger partial charge in [0.15, 0.2) is 21.9 Å². The maximum atomic E-state index is 14.4. The Bertz CT molecular complexity index is 1860. The third kappa shape index (κ3) is 10.3. The largest absolute Gasteiger partial charge is 0.444 e. The molecule has 1 atom stereocenters. The zero-order valence-corrected chi connectivity index (χ0v) is 29.1. The lowest BCUT2D eigenvalue weighted by atomic mass is 10.1. The average Bonchev–Trinajstić information content (AvgIpc) is 3.52. The van der Waals surface area contributed by atoms with Crippen LogP contribution in [0.15, 0.2) is 42.6 Å². The average molecular weight is 737 g/mol. The highest BCUT2D eigenvalue weighted by atomic mass is 32.2. The van der Waals surface area contributed by atoms with E-state index in [1.807, 2.05) is 0 Å². The third-order valence-corrected chi connectivity index (χ3v) is 9.55. The molecule has 1 unspecified atom stereocenters. The van der Waals surface area contributed by atoms with Gasteiger partial charge in [-0.3, -0.25) is 14.9 Å². The van der Waals surface area contributed by atoms with Gasteiger partial charge in [-0.15, -0.1) is 5.10 Å². The first-order valence-corrected chi connectivity index (χ1v) is 18.1. The second-order valence-electron chi connectivity index (χ2n) is 13.1. The fraction of sp³-hybridized carbons (Fsp3) is 0.485. The van der Waals surface area contributed by atoms with Crippen molar-refractivity contribution in [3.8, 4) is 5.69 Å². The zero-order valence-electron chi connectivity index (χ0n) is 28.3. The molecule has 3 heterocycles. The van der Waals surface area contributed by atoms with Crippen LogP contribution in [0, 0.1) is 0 Å². The maximum absolute atomic E-state index is 14.4. The quantitative estimate of drug-likeness (QED) is 0.209. The first-order valence-electron chi connectivity index (χ1n) is 16.2. The second-order valence-corrected chi connectivity index (χ2v) is 15.4. The molecule has 0 aliphatic carbocycles. The summed E-state index contributed by atoms with van der Waals surface area (Å²) in [4.78, 5) is 40.4. The van der Waals surface area contributed by atoms with Gasteiger partial charge in [-0.25, -0.2) is 17.9 Å². The van der Waals surface area contributed by atoms with Gasteiger partial charge >= 0.3 is 12.3 Å². The standard InChI is InChI=1S/C33H39F3N6O8S/c1-32(2,3)50-31(45)39-26-17-27(41-10-13-51(46,47)14-11-41)24(33(34,35)36)16-25(26)38-29(44)18-28(43)21-7-6-8-22(15-21)42-23(19-37-40-42)20-49-30-9-4-5-12-48-30/h6-8,15-17,19,30H,4-5,9-14,18,20H2,1-3H3,(H,38,44)(H,39,45). The smallest absolute Gasteiger partial charge is 0.418 e. The SMILES string of the molecule is CC(C)(C)OC(=O)Nc1cc(N2CCS(=O)(=O)CC2)c(C(F)(F)F)cc1NC(=O)CC(=O)c1cccc(-n2nncc2COC2CCCCO2)c1. The number of hydrogen-bond donors (Lipinski definition) is 2. The Morgan fingerprint density at radius 1 is 1.02 bits per heavy atom. The van der Waals surface area contributed by atoms with E-state index in [4.69, 9.17) is 14.2 Å². The van der Waals surface area contributed by atoms with Crippen LogP contribution in [0.25, 0.3) is 5.69 Å². The Balaban J connectivity index is 1.36. The molecule has 276 valence electrons. The molecule has 2 aliphatic rings. The number of ketones is 1. The normalized spacial score (nSPS) is 17.8. The van der Waals surface area contributed by atoms with Crippen molar-refractivity contribution in [1.29, 1.82) is 0 Å². The molecule has 0 radical (unpaired) electrons. The summed E-state index contributed by atoms with van der Waals surface area (Å²) in [5.74, 6) is -2.32. The van der Waals surface area contributed by atoms with E-state index >= 15 is 0 Å². The molecule has 18 heteroatoms. The molecule has 3 aromatic rings. The van der Waals surface area contributed by atoms with Gasteiger partial charge in [-0.1, -0.05) is 17.3 Å². The van der Waals surface area contributed by atoms with Crippen molar-refractivity contribution in [3.63, 3.8) is 0 Å². The van der Waals surface area contributed by atoms with Gasteiger partial charge in [-0.2, -0.15) is 13.2 Å². The number of carbonyl (C=O) groups excluding carboxylic acids is 3. The minimum atomic E-state index is -4.93. The van der Waals surface area contributed by atoms with Crippen molar-refractivity contribution in [2.75, 3.05) is 46.7 Å². The third-order valence-electron chi connectivity index (χ3n) is 7.94. The number of nitrogens with one attached hydrogen (secondary N) is 2. The summed E-state index contributed by atoms with van der Waals surface area (Å²) < 4.78 is 85.3. The van der Waals surface area contributed by atoms with Crippen LogP contribution < -0.4 is 15.5 Å². The molecule has 2 aliphatic heterocycles. The van der Waals surface area contributed by atoms with Gasteiger partial charge < -0.3 is 24.4 Å². The molecule has 2 fully saturated rings. The summed E-state index contributed by atoms with van der Waals surface area (Å²) in [5, 5.41) is 12.7. The lowest BCUT2D eigenvalue weighted by Crippen LogP contribution is -2.41. The fourth-order valence-electron chi connectivity index (χ4n) is 5.50. The van der Waals surface area contributed by atoms with Crippen LogP contribution in [-0.2, 0) is 41.6 Å². The number of hydrogen-bond acceptors (Lipinski definition) is 11. The molecule has 2 N–H and O–H groups in total. The summed E-state index contributed by atoms with van der Waals surface area (Å²) >= 11 is 0. The first-order chi connectivity index (χ1) is 24.0. The zero-order chi connectivity index (χ0) is 37.0. The van der Waals surface area contributed by atoms with E-state index in [0.717, 1.165) is 25.3 Å². The van der Waals surface area contributed by atoms with Crippen molar-refractivity contribution in [2.24, 2.45) is 0 Å². The summed E-state index contributed by atoms with van der Waals surface area (Å²) in [5.41, 5.74) is -2.04. The maximum Gasteiger partial charge on any atom is 0.418 e. The number of halogens is 3. The lowest BCUT2D eigenvalue weighted by Gasteiger charge is -2.32. The number of anilines is 3. The number of amides is 2. The number of nitrogens with zero attached hydrogens (tertiary/aromatic N) is 4. The predicted octanol–water partition coefficient (Wildman–Crippen LogP) is 5.12. The van der Waals surface area contributed by atoms with Gasteiger partial charge in [0.25, 0.3) is 0 Å². The van der Waals surface area contributed by atoms with E-state index in [9.17, 15) is 36.0 Å². The lowest BCUT2D eigenvalue weighted by molar-refractivity contribution is -0.169. The Morgan fingerprint density at radius 2 is 1.75 bits per heavy atom. The Morgan fingerprint density at radius 3 is 2.41 bits per heavy atom. The monoisotopic (exact) mass is 736 g/mol. The van der Waals surface area contributed by atoms with E-state index in [0.29, 0.717) is 24.1 Å². The number of aromatic nitrogens is 3. The summed E-state index contributed by atoms with van der Waals surface area (Å²) in [6.45, 7) is 5.10. The fourth-order valence-corrected chi connectivity index (χ4v) is 6.70. The van der Waals surface area contributed by atoms with Crippen LogP contribution in [0.2, 0.25) is 0 Å². The highest BCUT2D eigenvalue weighted by molar-refractivity contribution is 7.91. The van der Waals surface area contributed by atoms with Crippen LogP contribution in [0.3, 0.4) is 0 Å². The number of carbonyl (C=O) groups is 3. The highest BCUT2D eigenvalue weighted by Crippen LogP contribution is 2.42. The summed E-state index contributed by atoms with van der Waals surface area (Å²) in [6, 6.07) is 7.88. The van der Waals surface area contributed by atoms with Crippen molar-refractivity contribution in [3.05, 3.63) is 59.4 Å². The highest BCUT2D eigenvalue weighted by Gasteiger charge is 2.38. The second kappa shape index (κ2) is 15.4. The summed E-state index contributed by atoms with van der Waals surface area (Å²) in [6.07, 6.45) is -2.81. The molecular weight excluding hydrogens is 697 g/mol. The van der Waals surface area contributed by atoms with Crippen molar-refractivity contribution >= 4 is 44.7 Å². The molecule has 14 nitrogen and oxygen atoms in total. The molecule has 0 spiro atoms. The number of alkyl halides is 3. The van der Waals surface area contributed by atoms with E-state index in [1.165, 1.54) is 27.9 Å². The molecule has 2 amide bonds. The van der Waals surface area contributed by atoms with E-state index in [2.05, 4.69) is 20.9 Å². The molecule has 0 saturated carbocycles. The number of ether oxygens (including phenoxy) is 3. The topological polar surface area (TPSA) is 171 Å². The van der Waals surface area contributed by atoms with Gasteiger partial charge in [-0.05, 0) is 64.3 Å². The van der Waals surface area contributed by atoms with Crippen LogP contribution in [0.5, 0.6) is 0 Å². The van der Waals surface area contributed by atoms with Crippen LogP contribution in [-0.4, -0.2) is 84.3 Å². The van der Waals surface area contributed by atoms with Gasteiger partial charge in [0.2, 0.25) is 5.91 Å². The molecule has 2 saturated heterocycles. The van der Waals surface area contributed by atoms with Crippen LogP contribution in [0.1, 0.15) is 68.1 Å². The Hall–Kier alpha value is -4.55. The molecule has 0 bridgehead atoms. The van der Waals surface area contributed by atoms with E-state index in [1.54, 1.807) is 32.9 Å². The van der Waals surface area contributed by atoms with Gasteiger partial charge in [0, 0.05) is 25.3 Å². The van der Waals surface area contributed by atoms with Gasteiger partial charge in [0.1, 0.15) is 5.60 Å². The summed E-state index contributed by atoms with van der Waals surface area (Å²) in [7, 11) is -3.42. The van der Waals surface area contributed by atoms with Crippen molar-refractivity contribution in [1.82, 2.24) is 15.0 Å². The predicted molar refractivity (Wildman–Crippen MR) is 179 cm³/mol. The number of Topliss-reactive ketones (excluding diaryl/α,β-unsaturated/α-hetero) is 1. The molecule has 51 heavy (non-hydrogen) atoms. The van der Waals surface area contributed by atoms with E-state index in [-0.39, 0.29) is 48.7 Å². The Labute approximate surface area is 292 Å². The van der Waals surface area contributed by atoms with Crippen LogP contribution >= 0.6 is 0 Å². The number of sulfone groups is 1. The Kier molecular flexibility index (Phi) is 11.4. The molecule has 2 aromatic carbocycles. The van der Waals surface area contributed by atoms with E-state index < -0.39 is 62.8 Å². The molecular formula is C33H39F3N6O8S. The van der Waals surface area contributed by atoms with Crippen LogP contribution in [0.4, 0.5) is 35.0 Å². The molecule has 1 aromatic heterocycles. The van der Waals surface area contributed by atoms with Gasteiger partial charge in [0.05, 0.1) is 64.7 Å².